The molecule has 1 unspecified atom stereocenters. The Morgan fingerprint density at radius 3 is 2.85 bits per heavy atom. The van der Waals surface area contributed by atoms with Gasteiger partial charge in [-0.1, -0.05) is 0 Å². The lowest BCUT2D eigenvalue weighted by Crippen LogP contribution is -2.39. The maximum absolute atomic E-state index is 11.2. The van der Waals surface area contributed by atoms with Crippen molar-refractivity contribution in [2.45, 2.75) is 18.9 Å². The van der Waals surface area contributed by atoms with E-state index < -0.39 is 30.3 Å². The molecule has 76 valence electrons. The zero-order valence-electron chi connectivity index (χ0n) is 8.95. The summed E-state index contributed by atoms with van der Waals surface area (Å²) in [6, 6.07) is -0.889. The van der Waals surface area contributed by atoms with Gasteiger partial charge in [0.05, 0.1) is 6.04 Å². The Kier molecular flexibility index (Phi) is 3.40. The van der Waals surface area contributed by atoms with Gasteiger partial charge >= 0.3 is 0 Å². The molecule has 1 heterocycles. The summed E-state index contributed by atoms with van der Waals surface area (Å²) >= 11 is 0. The molecule has 2 amide bonds. The highest BCUT2D eigenvalue weighted by Gasteiger charge is 2.27. The van der Waals surface area contributed by atoms with Crippen molar-refractivity contribution in [2.75, 3.05) is 6.50 Å². The highest BCUT2D eigenvalue weighted by atomic mass is 35.5. The Bertz CT molecular complexity index is 275. The van der Waals surface area contributed by atoms with Gasteiger partial charge in [-0.2, -0.15) is 0 Å². The minimum Gasteiger partial charge on any atom is -0.368 e. The van der Waals surface area contributed by atoms with Crippen LogP contribution in [0.25, 0.3) is 0 Å². The molecule has 0 spiro atoms. The normalized spacial score (nSPS) is 29.3. The number of carbonyl (C=O) groups is 2. The van der Waals surface area contributed by atoms with Gasteiger partial charge in [0.2, 0.25) is 11.8 Å². The fraction of sp³-hybridized carbons (Fsp3) is 0.714. The molecule has 5 N–H and O–H groups in total. The van der Waals surface area contributed by atoms with Crippen molar-refractivity contribution in [3.63, 3.8) is 0 Å². The third-order valence-corrected chi connectivity index (χ3v) is 1.83. The molecule has 1 aliphatic heterocycles. The van der Waals surface area contributed by atoms with E-state index in [1.165, 1.54) is 0 Å². The van der Waals surface area contributed by atoms with Crippen LogP contribution in [0.2, 0.25) is 0 Å². The molecular formula is C7H14ClN3O2. The average Bonchev–Trinajstić information content (AvgIpc) is 2.24. The Labute approximate surface area is 85.4 Å². The molecule has 1 saturated heterocycles. The lowest BCUT2D eigenvalue weighted by atomic mass is 9.99. The van der Waals surface area contributed by atoms with Gasteiger partial charge in [-0.25, -0.2) is 0 Å². The molecule has 1 fully saturated rings. The van der Waals surface area contributed by atoms with Gasteiger partial charge in [-0.05, 0) is 12.8 Å². The van der Waals surface area contributed by atoms with Crippen LogP contribution in [0.15, 0.2) is 0 Å². The van der Waals surface area contributed by atoms with Gasteiger partial charge in [-0.15, -0.1) is 12.4 Å². The van der Waals surface area contributed by atoms with Crippen LogP contribution in [0, 0.1) is 5.92 Å². The van der Waals surface area contributed by atoms with Gasteiger partial charge in [0, 0.05) is 15.2 Å². The summed E-state index contributed by atoms with van der Waals surface area (Å²) in [5.41, 5.74) is 10.3. The lowest BCUT2D eigenvalue weighted by Gasteiger charge is -2.10. The smallest absolute Gasteiger partial charge is 0.234 e. The van der Waals surface area contributed by atoms with E-state index in [1.54, 1.807) is 0 Å². The van der Waals surface area contributed by atoms with E-state index >= 15 is 0 Å². The van der Waals surface area contributed by atoms with Gasteiger partial charge in [0.15, 0.2) is 0 Å². The fourth-order valence-corrected chi connectivity index (χ4v) is 1.07. The highest BCUT2D eigenvalue weighted by molar-refractivity contribution is 5.85. The van der Waals surface area contributed by atoms with Crippen molar-refractivity contribution in [1.29, 1.82) is 0 Å². The summed E-state index contributed by atoms with van der Waals surface area (Å²) in [6.07, 6.45) is 0.132. The standard InChI is InChI=1S/C7H13N3O2.ClH/c8-5(6(9)11)3-4-1-2-10-7(4)12;/h4-5H,1-3,8H2,(H2,9,11)(H,10,12);1H/t4?,5-;/m0./s1/i2D2;. The Hall–Kier alpha value is -0.810. The number of nitrogens with one attached hydrogen (secondary N) is 1. The van der Waals surface area contributed by atoms with Gasteiger partial charge in [-0.3, -0.25) is 9.59 Å². The zero-order chi connectivity index (χ0) is 10.9. The first-order valence-corrected chi connectivity index (χ1v) is 3.69. The predicted octanol–water partition coefficient (Wildman–Crippen LogP) is -1.25. The van der Waals surface area contributed by atoms with E-state index in [4.69, 9.17) is 14.2 Å². The summed E-state index contributed by atoms with van der Waals surface area (Å²) in [4.78, 5) is 21.8. The first-order valence-electron chi connectivity index (χ1n) is 4.69. The predicted molar refractivity (Wildman–Crippen MR) is 50.2 cm³/mol. The summed E-state index contributed by atoms with van der Waals surface area (Å²) in [5, 5.41) is 2.17. The fourth-order valence-electron chi connectivity index (χ4n) is 1.07. The zero-order valence-corrected chi connectivity index (χ0v) is 7.76. The number of primary amides is 1. The van der Waals surface area contributed by atoms with Crippen molar-refractivity contribution in [1.82, 2.24) is 5.32 Å². The quantitative estimate of drug-likeness (QED) is 0.542. The van der Waals surface area contributed by atoms with Crippen molar-refractivity contribution in [3.05, 3.63) is 0 Å². The van der Waals surface area contributed by atoms with Gasteiger partial charge < -0.3 is 16.8 Å². The van der Waals surface area contributed by atoms with Crippen LogP contribution in [0.1, 0.15) is 15.6 Å². The maximum atomic E-state index is 11.2. The molecule has 6 heteroatoms. The lowest BCUT2D eigenvalue weighted by molar-refractivity contribution is -0.123. The Morgan fingerprint density at radius 2 is 2.46 bits per heavy atom. The molecule has 13 heavy (non-hydrogen) atoms. The second-order valence-electron chi connectivity index (χ2n) is 2.81. The van der Waals surface area contributed by atoms with Crippen molar-refractivity contribution >= 4 is 24.2 Å². The molecule has 5 nitrogen and oxygen atoms in total. The SMILES string of the molecule is Cl.[2H]C1([2H])CC(C[C@H](N)C(N)=O)C(=O)N1. The molecule has 0 aromatic rings. The van der Waals surface area contributed by atoms with Crippen LogP contribution >= 0.6 is 12.4 Å². The van der Waals surface area contributed by atoms with Crippen LogP contribution in [-0.4, -0.2) is 24.4 Å². The largest absolute Gasteiger partial charge is 0.368 e. The summed E-state index contributed by atoms with van der Waals surface area (Å²) in [7, 11) is 0. The highest BCUT2D eigenvalue weighted by Crippen LogP contribution is 2.14. The summed E-state index contributed by atoms with van der Waals surface area (Å²) < 4.78 is 14.6. The number of amides is 2. The van der Waals surface area contributed by atoms with E-state index in [0.717, 1.165) is 0 Å². The summed E-state index contributed by atoms with van der Waals surface area (Å²) in [6.45, 7) is -1.70. The number of rotatable bonds is 3. The molecule has 0 aliphatic carbocycles. The second kappa shape index (κ2) is 5.04. The molecule has 1 rings (SSSR count). The molecule has 0 saturated carbocycles. The minimum absolute atomic E-state index is 0. The van der Waals surface area contributed by atoms with Crippen molar-refractivity contribution in [2.24, 2.45) is 17.4 Å². The summed E-state index contributed by atoms with van der Waals surface area (Å²) in [5.74, 6) is -1.65. The van der Waals surface area contributed by atoms with Crippen LogP contribution in [-0.2, 0) is 9.59 Å². The minimum atomic E-state index is -1.70. The average molecular weight is 210 g/mol. The first kappa shape index (κ1) is 8.77. The number of hydrogen-bond donors (Lipinski definition) is 3. The molecular weight excluding hydrogens is 194 g/mol. The van der Waals surface area contributed by atoms with Crippen LogP contribution in [0.5, 0.6) is 0 Å². The van der Waals surface area contributed by atoms with Crippen molar-refractivity contribution in [3.8, 4) is 0 Å². The van der Waals surface area contributed by atoms with Gasteiger partial charge in [0.1, 0.15) is 0 Å². The molecule has 0 bridgehead atoms. The second-order valence-corrected chi connectivity index (χ2v) is 2.81. The number of halogens is 1. The molecule has 0 radical (unpaired) electrons. The molecule has 1 aliphatic rings. The molecule has 0 aromatic carbocycles. The van der Waals surface area contributed by atoms with Crippen LogP contribution < -0.4 is 16.8 Å². The third kappa shape index (κ3) is 3.20. The Balaban J connectivity index is 0.00000196. The van der Waals surface area contributed by atoms with Crippen LogP contribution in [0.3, 0.4) is 0 Å². The Morgan fingerprint density at radius 1 is 1.85 bits per heavy atom. The number of nitrogens with two attached hydrogens (primary N) is 2. The first-order chi connectivity index (χ1) is 6.32. The maximum Gasteiger partial charge on any atom is 0.234 e. The van der Waals surface area contributed by atoms with E-state index in [-0.39, 0.29) is 25.2 Å². The van der Waals surface area contributed by atoms with Crippen molar-refractivity contribution < 1.29 is 12.3 Å². The molecule has 2 atom stereocenters. The van der Waals surface area contributed by atoms with E-state index in [0.29, 0.717) is 0 Å². The van der Waals surface area contributed by atoms with E-state index in [2.05, 4.69) is 5.32 Å². The topological polar surface area (TPSA) is 98.2 Å². The third-order valence-electron chi connectivity index (χ3n) is 1.83. The van der Waals surface area contributed by atoms with E-state index in [9.17, 15) is 9.59 Å². The monoisotopic (exact) mass is 209 g/mol. The van der Waals surface area contributed by atoms with E-state index in [1.807, 2.05) is 0 Å². The van der Waals surface area contributed by atoms with Crippen LogP contribution in [0.4, 0.5) is 0 Å². The number of carbonyl (C=O) groups excluding carboxylic acids is 2. The number of hydrogen-bond acceptors (Lipinski definition) is 3. The molecule has 0 aromatic heterocycles. The van der Waals surface area contributed by atoms with Gasteiger partial charge in [0.25, 0.3) is 0 Å².